The second-order valence-corrected chi connectivity index (χ2v) is 6.40. The second kappa shape index (κ2) is 8.15. The zero-order valence-corrected chi connectivity index (χ0v) is 13.6. The van der Waals surface area contributed by atoms with E-state index >= 15 is 0 Å². The van der Waals surface area contributed by atoms with Gasteiger partial charge in [0.1, 0.15) is 0 Å². The van der Waals surface area contributed by atoms with Gasteiger partial charge in [0, 0.05) is 13.0 Å². The quantitative estimate of drug-likeness (QED) is 0.675. The smallest absolute Gasteiger partial charge is 0.220 e. The summed E-state index contributed by atoms with van der Waals surface area (Å²) in [6.45, 7) is 7.55. The molecule has 21 heavy (non-hydrogen) atoms. The highest BCUT2D eigenvalue weighted by Crippen LogP contribution is 2.23. The van der Waals surface area contributed by atoms with Crippen molar-refractivity contribution in [3.8, 4) is 0 Å². The molecule has 0 radical (unpaired) electrons. The summed E-state index contributed by atoms with van der Waals surface area (Å²) in [6, 6.07) is 7.93. The zero-order chi connectivity index (χ0) is 15.9. The third kappa shape index (κ3) is 6.27. The molecule has 1 aromatic carbocycles. The van der Waals surface area contributed by atoms with Gasteiger partial charge in [-0.05, 0) is 36.6 Å². The summed E-state index contributed by atoms with van der Waals surface area (Å²) in [5.74, 6) is -0.0180. The molecule has 1 rings (SSSR count). The fourth-order valence-electron chi connectivity index (χ4n) is 2.05. The number of benzene rings is 1. The molecule has 1 aromatic rings. The van der Waals surface area contributed by atoms with E-state index in [1.54, 1.807) is 0 Å². The van der Waals surface area contributed by atoms with E-state index in [4.69, 9.17) is 0 Å². The maximum absolute atomic E-state index is 11.6. The maximum Gasteiger partial charge on any atom is 0.220 e. The highest BCUT2D eigenvalue weighted by Gasteiger charge is 2.15. The van der Waals surface area contributed by atoms with Crippen molar-refractivity contribution in [2.45, 2.75) is 45.1 Å². The first-order valence-corrected chi connectivity index (χ1v) is 7.54. The van der Waals surface area contributed by atoms with Crippen molar-refractivity contribution in [1.82, 2.24) is 10.6 Å². The molecule has 1 unspecified atom stereocenters. The molecule has 0 aliphatic heterocycles. The Bertz CT molecular complexity index is 435. The van der Waals surface area contributed by atoms with Crippen LogP contribution in [0, 0.1) is 0 Å². The first-order chi connectivity index (χ1) is 9.84. The normalized spacial score (nSPS) is 13.0. The second-order valence-electron chi connectivity index (χ2n) is 6.40. The first kappa shape index (κ1) is 17.7. The summed E-state index contributed by atoms with van der Waals surface area (Å²) in [5, 5.41) is 15.9. The van der Waals surface area contributed by atoms with Gasteiger partial charge in [-0.2, -0.15) is 0 Å². The van der Waals surface area contributed by atoms with Crippen molar-refractivity contribution in [2.75, 3.05) is 20.1 Å². The number of carbonyl (C=O) groups excluding carboxylic acids is 1. The Morgan fingerprint density at radius 2 is 1.86 bits per heavy atom. The van der Waals surface area contributed by atoms with Crippen molar-refractivity contribution in [2.24, 2.45) is 0 Å². The summed E-state index contributed by atoms with van der Waals surface area (Å²) in [7, 11) is 1.86. The van der Waals surface area contributed by atoms with Gasteiger partial charge in [0.15, 0.2) is 0 Å². The van der Waals surface area contributed by atoms with Gasteiger partial charge in [-0.25, -0.2) is 0 Å². The fraction of sp³-hybridized carbons (Fsp3) is 0.588. The molecular weight excluding hydrogens is 264 g/mol. The van der Waals surface area contributed by atoms with Gasteiger partial charge in [-0.3, -0.25) is 4.79 Å². The van der Waals surface area contributed by atoms with E-state index in [0.717, 1.165) is 18.5 Å². The van der Waals surface area contributed by atoms with Gasteiger partial charge in [-0.1, -0.05) is 45.0 Å². The maximum atomic E-state index is 11.6. The Morgan fingerprint density at radius 1 is 1.24 bits per heavy atom. The third-order valence-electron chi connectivity index (χ3n) is 3.48. The lowest BCUT2D eigenvalue weighted by atomic mass is 9.86. The Kier molecular flexibility index (Phi) is 6.85. The molecule has 0 aliphatic rings. The average molecular weight is 292 g/mol. The zero-order valence-electron chi connectivity index (χ0n) is 13.6. The van der Waals surface area contributed by atoms with Crippen LogP contribution >= 0.6 is 0 Å². The van der Waals surface area contributed by atoms with Crippen LogP contribution in [0.15, 0.2) is 24.3 Å². The number of rotatable bonds is 7. The number of aliphatic hydroxyl groups is 1. The van der Waals surface area contributed by atoms with Gasteiger partial charge in [0.2, 0.25) is 5.91 Å². The van der Waals surface area contributed by atoms with Crippen LogP contribution in [-0.2, 0) is 10.2 Å². The van der Waals surface area contributed by atoms with Crippen LogP contribution in [0.5, 0.6) is 0 Å². The molecule has 0 saturated heterocycles. The Balaban J connectivity index is 2.45. The molecule has 4 heteroatoms. The summed E-state index contributed by atoms with van der Waals surface area (Å²) < 4.78 is 0. The largest absolute Gasteiger partial charge is 0.387 e. The molecule has 1 amide bonds. The average Bonchev–Trinajstić information content (AvgIpc) is 2.44. The lowest BCUT2D eigenvalue weighted by Crippen LogP contribution is -2.28. The molecule has 0 aliphatic carbocycles. The number of nitrogens with one attached hydrogen (secondary N) is 2. The number of amides is 1. The molecule has 0 spiro atoms. The van der Waals surface area contributed by atoms with Crippen LogP contribution in [0.1, 0.15) is 50.8 Å². The summed E-state index contributed by atoms with van der Waals surface area (Å²) in [6.07, 6.45) is 0.627. The van der Waals surface area contributed by atoms with Crippen LogP contribution in [0.25, 0.3) is 0 Å². The first-order valence-electron chi connectivity index (χ1n) is 7.54. The monoisotopic (exact) mass is 292 g/mol. The summed E-state index contributed by atoms with van der Waals surface area (Å²) in [4.78, 5) is 11.6. The minimum atomic E-state index is -0.660. The number of hydrogen-bond donors (Lipinski definition) is 3. The highest BCUT2D eigenvalue weighted by atomic mass is 16.3. The lowest BCUT2D eigenvalue weighted by Gasteiger charge is -2.20. The van der Waals surface area contributed by atoms with E-state index in [-0.39, 0.29) is 17.9 Å². The topological polar surface area (TPSA) is 61.4 Å². The van der Waals surface area contributed by atoms with Crippen molar-refractivity contribution in [1.29, 1.82) is 0 Å². The molecule has 0 bridgehead atoms. The molecule has 1 atom stereocenters. The van der Waals surface area contributed by atoms with E-state index < -0.39 is 6.10 Å². The van der Waals surface area contributed by atoms with Crippen LogP contribution in [0.2, 0.25) is 0 Å². The predicted octanol–water partition coefficient (Wildman–Crippen LogP) is 2.13. The van der Waals surface area contributed by atoms with Gasteiger partial charge in [0.05, 0.1) is 6.10 Å². The molecule has 118 valence electrons. The van der Waals surface area contributed by atoms with Crippen LogP contribution < -0.4 is 10.6 Å². The van der Waals surface area contributed by atoms with Crippen LogP contribution in [0.3, 0.4) is 0 Å². The Hall–Kier alpha value is -1.39. The fourth-order valence-corrected chi connectivity index (χ4v) is 2.05. The van der Waals surface area contributed by atoms with Gasteiger partial charge in [-0.15, -0.1) is 0 Å². The molecule has 0 heterocycles. The van der Waals surface area contributed by atoms with E-state index in [0.29, 0.717) is 6.42 Å². The molecule has 0 fully saturated rings. The Morgan fingerprint density at radius 3 is 2.38 bits per heavy atom. The van der Waals surface area contributed by atoms with E-state index in [1.807, 2.05) is 31.3 Å². The Labute approximate surface area is 128 Å². The minimum absolute atomic E-state index is 0.0180. The van der Waals surface area contributed by atoms with Gasteiger partial charge in [0.25, 0.3) is 0 Å². The van der Waals surface area contributed by atoms with Gasteiger partial charge >= 0.3 is 0 Å². The molecule has 4 nitrogen and oxygen atoms in total. The molecule has 0 aromatic heterocycles. The van der Waals surface area contributed by atoms with Crippen molar-refractivity contribution >= 4 is 5.91 Å². The number of hydrogen-bond acceptors (Lipinski definition) is 3. The number of carbonyl (C=O) groups is 1. The standard InChI is InChI=1S/C17H28N2O2/c1-17(2,3)14-9-7-13(8-10-14)15(20)12-19-16(21)6-5-11-18-4/h7-10,15,18,20H,5-6,11-12H2,1-4H3,(H,19,21). The number of aliphatic hydroxyl groups excluding tert-OH is 1. The van der Waals surface area contributed by atoms with E-state index in [1.165, 1.54) is 5.56 Å². The van der Waals surface area contributed by atoms with Crippen molar-refractivity contribution < 1.29 is 9.90 Å². The third-order valence-corrected chi connectivity index (χ3v) is 3.48. The van der Waals surface area contributed by atoms with E-state index in [2.05, 4.69) is 31.4 Å². The molecular formula is C17H28N2O2. The van der Waals surface area contributed by atoms with Crippen LogP contribution in [-0.4, -0.2) is 31.2 Å². The molecule has 0 saturated carbocycles. The summed E-state index contributed by atoms with van der Waals surface area (Å²) >= 11 is 0. The van der Waals surface area contributed by atoms with Crippen molar-refractivity contribution in [3.05, 3.63) is 35.4 Å². The van der Waals surface area contributed by atoms with Crippen molar-refractivity contribution in [3.63, 3.8) is 0 Å². The van der Waals surface area contributed by atoms with Crippen LogP contribution in [0.4, 0.5) is 0 Å². The predicted molar refractivity (Wildman–Crippen MR) is 86.3 cm³/mol. The van der Waals surface area contributed by atoms with Gasteiger partial charge < -0.3 is 15.7 Å². The molecule has 3 N–H and O–H groups in total. The summed E-state index contributed by atoms with van der Waals surface area (Å²) in [5.41, 5.74) is 2.17. The SMILES string of the molecule is CNCCCC(=O)NCC(O)c1ccc(C(C)(C)C)cc1. The lowest BCUT2D eigenvalue weighted by molar-refractivity contribution is -0.121. The highest BCUT2D eigenvalue weighted by molar-refractivity contribution is 5.75. The van der Waals surface area contributed by atoms with E-state index in [9.17, 15) is 9.90 Å². The minimum Gasteiger partial charge on any atom is -0.387 e.